The smallest absolute Gasteiger partial charge is 0.369 e. The molecule has 0 aromatic rings. The monoisotopic (exact) mass is 154 g/mol. The summed E-state index contributed by atoms with van der Waals surface area (Å²) in [5.74, 6) is -4.00. The van der Waals surface area contributed by atoms with E-state index >= 15 is 0 Å². The Morgan fingerprint density at radius 2 is 2.00 bits per heavy atom. The third kappa shape index (κ3) is 2.04. The first-order valence-corrected chi connectivity index (χ1v) is 2.26. The fourth-order valence-corrected chi connectivity index (χ4v) is 0.338. The van der Waals surface area contributed by atoms with Crippen molar-refractivity contribution in [3.05, 3.63) is 0 Å². The lowest BCUT2D eigenvalue weighted by Crippen LogP contribution is -2.36. The molecule has 0 aliphatic heterocycles. The third-order valence-electron chi connectivity index (χ3n) is 0.826. The number of nitrogens with one attached hydrogen (secondary N) is 1. The van der Waals surface area contributed by atoms with Gasteiger partial charge in [0.05, 0.1) is 0 Å². The molecule has 0 heterocycles. The van der Waals surface area contributed by atoms with Crippen molar-refractivity contribution >= 4 is 12.1 Å². The Balaban J connectivity index is 4.36. The first kappa shape index (κ1) is 8.93. The van der Waals surface area contributed by atoms with Crippen LogP contribution in [-0.4, -0.2) is 18.3 Å². The van der Waals surface area contributed by atoms with Gasteiger partial charge in [0, 0.05) is 6.21 Å². The van der Waals surface area contributed by atoms with E-state index in [1.165, 1.54) is 0 Å². The normalized spacial score (nSPS) is 14.3. The minimum Gasteiger partial charge on any atom is -0.369 e. The molecule has 0 radical (unpaired) electrons. The fraction of sp³-hybridized carbons (Fsp3) is 0.500. The van der Waals surface area contributed by atoms with E-state index in [-0.39, 0.29) is 6.21 Å². The minimum absolute atomic E-state index is 0.0255. The summed E-state index contributed by atoms with van der Waals surface area (Å²) >= 11 is 0. The lowest BCUT2D eigenvalue weighted by atomic mass is 10.1. The van der Waals surface area contributed by atoms with Crippen LogP contribution in [0.5, 0.6) is 0 Å². The van der Waals surface area contributed by atoms with E-state index in [9.17, 15) is 18.0 Å². The molecule has 0 fully saturated rings. The van der Waals surface area contributed by atoms with Gasteiger partial charge in [-0.3, -0.25) is 4.79 Å². The van der Waals surface area contributed by atoms with Crippen LogP contribution in [0.3, 0.4) is 0 Å². The molecule has 6 heteroatoms. The summed E-state index contributed by atoms with van der Waals surface area (Å²) in [6.07, 6.45) is -4.75. The zero-order chi connectivity index (χ0) is 8.36. The maximum atomic E-state index is 11.5. The van der Waals surface area contributed by atoms with Crippen molar-refractivity contribution < 1.29 is 18.0 Å². The van der Waals surface area contributed by atoms with E-state index in [1.54, 1.807) is 0 Å². The molecule has 0 saturated heterocycles. The lowest BCUT2D eigenvalue weighted by Gasteiger charge is -2.10. The molecule has 3 nitrogen and oxygen atoms in total. The Labute approximate surface area is 54.5 Å². The summed E-state index contributed by atoms with van der Waals surface area (Å²) < 4.78 is 34.6. The molecule has 0 aromatic carbocycles. The maximum absolute atomic E-state index is 11.5. The van der Waals surface area contributed by atoms with Gasteiger partial charge < -0.3 is 11.1 Å². The molecule has 0 spiro atoms. The van der Waals surface area contributed by atoms with Gasteiger partial charge in [-0.1, -0.05) is 0 Å². The van der Waals surface area contributed by atoms with Gasteiger partial charge in [0.1, 0.15) is 0 Å². The van der Waals surface area contributed by atoms with Crippen molar-refractivity contribution in [2.24, 2.45) is 11.7 Å². The van der Waals surface area contributed by atoms with E-state index in [2.05, 4.69) is 5.73 Å². The van der Waals surface area contributed by atoms with Gasteiger partial charge in [0.2, 0.25) is 5.91 Å². The summed E-state index contributed by atoms with van der Waals surface area (Å²) in [6, 6.07) is 0. The van der Waals surface area contributed by atoms with E-state index in [4.69, 9.17) is 5.41 Å². The molecule has 0 bridgehead atoms. The number of nitrogens with two attached hydrogens (primary N) is 1. The molecule has 10 heavy (non-hydrogen) atoms. The first-order chi connectivity index (χ1) is 4.39. The molecule has 0 aliphatic rings. The van der Waals surface area contributed by atoms with E-state index < -0.39 is 18.0 Å². The molecular formula is C4H5F3N2O. The van der Waals surface area contributed by atoms with Crippen LogP contribution in [0.25, 0.3) is 0 Å². The highest BCUT2D eigenvalue weighted by Crippen LogP contribution is 2.23. The Hall–Kier alpha value is -1.07. The van der Waals surface area contributed by atoms with Gasteiger partial charge in [-0.2, -0.15) is 13.2 Å². The van der Waals surface area contributed by atoms with E-state index in [0.717, 1.165) is 0 Å². The molecule has 0 saturated carbocycles. The Kier molecular flexibility index (Phi) is 2.39. The molecule has 1 amide bonds. The molecule has 0 rings (SSSR count). The Bertz CT molecular complexity index is 153. The van der Waals surface area contributed by atoms with E-state index in [0.29, 0.717) is 0 Å². The van der Waals surface area contributed by atoms with Gasteiger partial charge >= 0.3 is 6.18 Å². The second kappa shape index (κ2) is 2.68. The van der Waals surface area contributed by atoms with Crippen molar-refractivity contribution in [3.63, 3.8) is 0 Å². The molecule has 3 N–H and O–H groups in total. The number of primary amides is 1. The van der Waals surface area contributed by atoms with Crippen LogP contribution in [0.2, 0.25) is 0 Å². The quantitative estimate of drug-likeness (QED) is 0.552. The fourth-order valence-electron chi connectivity index (χ4n) is 0.338. The van der Waals surface area contributed by atoms with Crippen LogP contribution in [0.1, 0.15) is 0 Å². The zero-order valence-corrected chi connectivity index (χ0v) is 4.77. The molecule has 58 valence electrons. The lowest BCUT2D eigenvalue weighted by molar-refractivity contribution is -0.165. The van der Waals surface area contributed by atoms with Gasteiger partial charge in [0.25, 0.3) is 0 Å². The second-order valence-electron chi connectivity index (χ2n) is 1.59. The molecule has 1 atom stereocenters. The van der Waals surface area contributed by atoms with E-state index in [1.807, 2.05) is 0 Å². The number of alkyl halides is 3. The number of rotatable bonds is 2. The first-order valence-electron chi connectivity index (χ1n) is 2.26. The maximum Gasteiger partial charge on any atom is 0.405 e. The van der Waals surface area contributed by atoms with Gasteiger partial charge in [-0.25, -0.2) is 0 Å². The van der Waals surface area contributed by atoms with Gasteiger partial charge in [-0.15, -0.1) is 0 Å². The topological polar surface area (TPSA) is 66.9 Å². The van der Waals surface area contributed by atoms with Crippen LogP contribution < -0.4 is 5.73 Å². The number of carbonyl (C=O) groups excluding carboxylic acids is 1. The molecular weight excluding hydrogens is 149 g/mol. The van der Waals surface area contributed by atoms with Crippen molar-refractivity contribution in [3.8, 4) is 0 Å². The SMILES string of the molecule is N=CC(C(N)=O)C(F)(F)F. The number of amides is 1. The van der Waals surface area contributed by atoms with Crippen LogP contribution in [0.4, 0.5) is 13.2 Å². The Morgan fingerprint density at radius 3 is 2.00 bits per heavy atom. The zero-order valence-electron chi connectivity index (χ0n) is 4.77. The summed E-state index contributed by atoms with van der Waals surface area (Å²) in [6.45, 7) is 0. The number of hydrogen-bond acceptors (Lipinski definition) is 2. The average molecular weight is 154 g/mol. The average Bonchev–Trinajstić information content (AvgIpc) is 1.60. The number of hydrogen-bond donors (Lipinski definition) is 2. The second-order valence-corrected chi connectivity index (χ2v) is 1.59. The molecule has 0 aromatic heterocycles. The molecule has 0 aliphatic carbocycles. The summed E-state index contributed by atoms with van der Waals surface area (Å²) in [5.41, 5.74) is 4.32. The minimum atomic E-state index is -4.73. The predicted octanol–water partition coefficient (Wildman–Crippen LogP) is 0.300. The van der Waals surface area contributed by atoms with Crippen LogP contribution in [-0.2, 0) is 4.79 Å². The van der Waals surface area contributed by atoms with Crippen molar-refractivity contribution in [1.29, 1.82) is 5.41 Å². The third-order valence-corrected chi connectivity index (χ3v) is 0.826. The molecule has 1 unspecified atom stereocenters. The summed E-state index contributed by atoms with van der Waals surface area (Å²) in [5, 5.41) is 6.20. The van der Waals surface area contributed by atoms with Crippen molar-refractivity contribution in [2.75, 3.05) is 0 Å². The van der Waals surface area contributed by atoms with Gasteiger partial charge in [0.15, 0.2) is 5.92 Å². The van der Waals surface area contributed by atoms with Crippen LogP contribution in [0.15, 0.2) is 0 Å². The highest BCUT2D eigenvalue weighted by atomic mass is 19.4. The largest absolute Gasteiger partial charge is 0.405 e. The summed E-state index contributed by atoms with van der Waals surface area (Å²) in [7, 11) is 0. The highest BCUT2D eigenvalue weighted by molar-refractivity contribution is 5.92. The van der Waals surface area contributed by atoms with Crippen LogP contribution >= 0.6 is 0 Å². The number of halogens is 3. The Morgan fingerprint density at radius 1 is 1.60 bits per heavy atom. The predicted molar refractivity (Wildman–Crippen MR) is 27.5 cm³/mol. The van der Waals surface area contributed by atoms with Crippen molar-refractivity contribution in [1.82, 2.24) is 0 Å². The number of carbonyl (C=O) groups is 1. The standard InChI is InChI=1S/C4H5F3N2O/c5-4(6,7)2(1-8)3(9)10/h1-2,8H,(H2,9,10). The highest BCUT2D eigenvalue weighted by Gasteiger charge is 2.42. The van der Waals surface area contributed by atoms with Crippen LogP contribution in [0, 0.1) is 11.3 Å². The summed E-state index contributed by atoms with van der Waals surface area (Å²) in [4.78, 5) is 9.93. The van der Waals surface area contributed by atoms with Gasteiger partial charge in [-0.05, 0) is 0 Å². The van der Waals surface area contributed by atoms with Crippen molar-refractivity contribution in [2.45, 2.75) is 6.18 Å².